The van der Waals surface area contributed by atoms with Crippen LogP contribution < -0.4 is 0 Å². The Balaban J connectivity index is 2.86. The van der Waals surface area contributed by atoms with Crippen molar-refractivity contribution >= 4 is 23.4 Å². The molecule has 3 heteroatoms. The number of hydrogen-bond acceptors (Lipinski definition) is 1. The summed E-state index contributed by atoms with van der Waals surface area (Å²) in [7, 11) is 0. The van der Waals surface area contributed by atoms with Gasteiger partial charge in [-0.1, -0.05) is 0 Å². The van der Waals surface area contributed by atoms with E-state index in [9.17, 15) is 4.39 Å². The standard InChI is InChI=1S/C8H8ClFS/c1-6-4-7(11-5-9)2-3-8(6)10/h2-4H,5H2,1H3. The van der Waals surface area contributed by atoms with E-state index in [1.165, 1.54) is 17.8 Å². The van der Waals surface area contributed by atoms with Crippen molar-refractivity contribution in [2.75, 3.05) is 5.21 Å². The summed E-state index contributed by atoms with van der Waals surface area (Å²) in [5, 5.41) is 0.505. The van der Waals surface area contributed by atoms with Crippen LogP contribution in [0, 0.1) is 12.7 Å². The van der Waals surface area contributed by atoms with Crippen molar-refractivity contribution in [1.29, 1.82) is 0 Å². The average molecular weight is 191 g/mol. The Morgan fingerprint density at radius 1 is 1.55 bits per heavy atom. The van der Waals surface area contributed by atoms with E-state index in [1.54, 1.807) is 19.1 Å². The van der Waals surface area contributed by atoms with Crippen molar-refractivity contribution in [2.45, 2.75) is 11.8 Å². The molecule has 1 rings (SSSR count). The predicted octanol–water partition coefficient (Wildman–Crippen LogP) is 3.42. The number of thioether (sulfide) groups is 1. The van der Waals surface area contributed by atoms with E-state index < -0.39 is 0 Å². The highest BCUT2D eigenvalue weighted by atomic mass is 35.5. The van der Waals surface area contributed by atoms with Gasteiger partial charge in [-0.2, -0.15) is 0 Å². The summed E-state index contributed by atoms with van der Waals surface area (Å²) in [6.07, 6.45) is 0. The zero-order chi connectivity index (χ0) is 8.27. The van der Waals surface area contributed by atoms with Gasteiger partial charge in [0.15, 0.2) is 0 Å². The molecule has 1 aromatic rings. The van der Waals surface area contributed by atoms with Crippen molar-refractivity contribution < 1.29 is 4.39 Å². The molecule has 0 spiro atoms. The largest absolute Gasteiger partial charge is 0.207 e. The van der Waals surface area contributed by atoms with Crippen molar-refractivity contribution in [3.63, 3.8) is 0 Å². The van der Waals surface area contributed by atoms with Crippen LogP contribution in [-0.4, -0.2) is 5.21 Å². The third kappa shape index (κ3) is 2.38. The molecule has 0 atom stereocenters. The van der Waals surface area contributed by atoms with E-state index in [2.05, 4.69) is 0 Å². The lowest BCUT2D eigenvalue weighted by Crippen LogP contribution is -1.81. The second-order valence-electron chi connectivity index (χ2n) is 2.16. The zero-order valence-electron chi connectivity index (χ0n) is 6.10. The Morgan fingerprint density at radius 2 is 2.27 bits per heavy atom. The summed E-state index contributed by atoms with van der Waals surface area (Å²) in [6.45, 7) is 1.74. The fourth-order valence-corrected chi connectivity index (χ4v) is 1.70. The monoisotopic (exact) mass is 190 g/mol. The van der Waals surface area contributed by atoms with Crippen molar-refractivity contribution in [2.24, 2.45) is 0 Å². The molecule has 11 heavy (non-hydrogen) atoms. The molecule has 0 heterocycles. The van der Waals surface area contributed by atoms with Gasteiger partial charge in [0.05, 0.1) is 5.21 Å². The van der Waals surface area contributed by atoms with Gasteiger partial charge in [0.2, 0.25) is 0 Å². The minimum absolute atomic E-state index is 0.163. The minimum Gasteiger partial charge on any atom is -0.207 e. The summed E-state index contributed by atoms with van der Waals surface area (Å²) >= 11 is 6.99. The Bertz CT molecular complexity index is 250. The Labute approximate surface area is 74.8 Å². The molecule has 0 bridgehead atoms. The molecule has 0 amide bonds. The molecule has 0 N–H and O–H groups in total. The van der Waals surface area contributed by atoms with Crippen LogP contribution in [0.25, 0.3) is 0 Å². The normalized spacial score (nSPS) is 10.1. The number of aryl methyl sites for hydroxylation is 1. The van der Waals surface area contributed by atoms with Gasteiger partial charge in [0.1, 0.15) is 5.82 Å². The lowest BCUT2D eigenvalue weighted by molar-refractivity contribution is 0.617. The van der Waals surface area contributed by atoms with Gasteiger partial charge in [-0.15, -0.1) is 23.4 Å². The maximum absolute atomic E-state index is 12.7. The summed E-state index contributed by atoms with van der Waals surface area (Å²) < 4.78 is 12.7. The Kier molecular flexibility index (Phi) is 3.21. The topological polar surface area (TPSA) is 0 Å². The number of rotatable bonds is 2. The van der Waals surface area contributed by atoms with E-state index in [0.29, 0.717) is 10.8 Å². The molecule has 0 unspecified atom stereocenters. The predicted molar refractivity (Wildman–Crippen MR) is 47.7 cm³/mol. The highest BCUT2D eigenvalue weighted by Crippen LogP contribution is 2.21. The van der Waals surface area contributed by atoms with Gasteiger partial charge in [-0.3, -0.25) is 0 Å². The molecular weight excluding hydrogens is 183 g/mol. The molecule has 0 aromatic heterocycles. The number of alkyl halides is 1. The highest BCUT2D eigenvalue weighted by molar-refractivity contribution is 8.00. The van der Waals surface area contributed by atoms with Crippen LogP contribution in [0.3, 0.4) is 0 Å². The van der Waals surface area contributed by atoms with Crippen LogP contribution in [0.1, 0.15) is 5.56 Å². The average Bonchev–Trinajstić information content (AvgIpc) is 1.98. The molecule has 0 aliphatic rings. The first kappa shape index (κ1) is 8.88. The molecule has 0 nitrogen and oxygen atoms in total. The molecule has 0 saturated carbocycles. The van der Waals surface area contributed by atoms with Crippen molar-refractivity contribution in [1.82, 2.24) is 0 Å². The van der Waals surface area contributed by atoms with Gasteiger partial charge >= 0.3 is 0 Å². The van der Waals surface area contributed by atoms with E-state index in [1.807, 2.05) is 0 Å². The third-order valence-electron chi connectivity index (χ3n) is 1.35. The smallest absolute Gasteiger partial charge is 0.126 e. The van der Waals surface area contributed by atoms with Gasteiger partial charge in [-0.25, -0.2) is 4.39 Å². The molecule has 0 saturated heterocycles. The lowest BCUT2D eigenvalue weighted by Gasteiger charge is -1.99. The molecule has 0 radical (unpaired) electrons. The number of hydrogen-bond donors (Lipinski definition) is 0. The van der Waals surface area contributed by atoms with Crippen molar-refractivity contribution in [3.05, 3.63) is 29.6 Å². The van der Waals surface area contributed by atoms with Gasteiger partial charge in [0.25, 0.3) is 0 Å². The van der Waals surface area contributed by atoms with Gasteiger partial charge in [-0.05, 0) is 30.7 Å². The molecular formula is C8H8ClFS. The Morgan fingerprint density at radius 3 is 2.82 bits per heavy atom. The summed E-state index contributed by atoms with van der Waals surface area (Å²) in [4.78, 5) is 1.01. The number of halogens is 2. The quantitative estimate of drug-likeness (QED) is 0.509. The van der Waals surface area contributed by atoms with E-state index >= 15 is 0 Å². The van der Waals surface area contributed by atoms with Crippen LogP contribution in [-0.2, 0) is 0 Å². The maximum Gasteiger partial charge on any atom is 0.126 e. The first-order valence-electron chi connectivity index (χ1n) is 3.19. The fraction of sp³-hybridized carbons (Fsp3) is 0.250. The molecule has 0 fully saturated rings. The Hall–Kier alpha value is -0.210. The maximum atomic E-state index is 12.7. The van der Waals surface area contributed by atoms with Crippen molar-refractivity contribution in [3.8, 4) is 0 Å². The van der Waals surface area contributed by atoms with Crippen LogP contribution in [0.5, 0.6) is 0 Å². The van der Waals surface area contributed by atoms with Crippen LogP contribution in [0.2, 0.25) is 0 Å². The second-order valence-corrected chi connectivity index (χ2v) is 3.80. The molecule has 60 valence electrons. The fourth-order valence-electron chi connectivity index (χ4n) is 0.770. The summed E-state index contributed by atoms with van der Waals surface area (Å²) in [5.41, 5.74) is 0.667. The van der Waals surface area contributed by atoms with E-state index in [-0.39, 0.29) is 5.82 Å². The molecule has 0 aliphatic carbocycles. The summed E-state index contributed by atoms with van der Waals surface area (Å²) in [5.74, 6) is -0.163. The third-order valence-corrected chi connectivity index (χ3v) is 2.37. The van der Waals surface area contributed by atoms with Gasteiger partial charge < -0.3 is 0 Å². The zero-order valence-corrected chi connectivity index (χ0v) is 7.68. The minimum atomic E-state index is -0.163. The molecule has 1 aromatic carbocycles. The van der Waals surface area contributed by atoms with Crippen LogP contribution >= 0.6 is 23.4 Å². The van der Waals surface area contributed by atoms with E-state index in [4.69, 9.17) is 11.6 Å². The first-order chi connectivity index (χ1) is 5.24. The lowest BCUT2D eigenvalue weighted by atomic mass is 10.2. The van der Waals surface area contributed by atoms with Gasteiger partial charge in [0, 0.05) is 4.90 Å². The SMILES string of the molecule is Cc1cc(SCCl)ccc1F. The number of benzene rings is 1. The van der Waals surface area contributed by atoms with E-state index in [0.717, 1.165) is 4.90 Å². The van der Waals surface area contributed by atoms with Crippen LogP contribution in [0.15, 0.2) is 23.1 Å². The molecule has 0 aliphatic heterocycles. The van der Waals surface area contributed by atoms with Crippen LogP contribution in [0.4, 0.5) is 4.39 Å². The summed E-state index contributed by atoms with van der Waals surface area (Å²) in [6, 6.07) is 4.99. The highest BCUT2D eigenvalue weighted by Gasteiger charge is 1.97. The second kappa shape index (κ2) is 3.98. The first-order valence-corrected chi connectivity index (χ1v) is 4.71.